The summed E-state index contributed by atoms with van der Waals surface area (Å²) in [6.07, 6.45) is -3.93. The van der Waals surface area contributed by atoms with Crippen LogP contribution < -0.4 is 41.5 Å². The van der Waals surface area contributed by atoms with Gasteiger partial charge in [-0.05, 0) is 97.9 Å². The van der Waals surface area contributed by atoms with Gasteiger partial charge in [-0.25, -0.2) is 17.6 Å². The van der Waals surface area contributed by atoms with Crippen molar-refractivity contribution in [3.05, 3.63) is 154 Å². The van der Waals surface area contributed by atoms with Crippen LogP contribution in [0.5, 0.6) is 34.5 Å². The summed E-state index contributed by atoms with van der Waals surface area (Å²) in [6.45, 7) is 0. The highest BCUT2D eigenvalue weighted by Crippen LogP contribution is 2.43. The highest BCUT2D eigenvalue weighted by Gasteiger charge is 2.34. The van der Waals surface area contributed by atoms with E-state index in [4.69, 9.17) is 38.3 Å². The third-order valence-electron chi connectivity index (χ3n) is 9.68. The van der Waals surface area contributed by atoms with Gasteiger partial charge in [0.05, 0.1) is 16.7 Å². The predicted molar refractivity (Wildman–Crippen MR) is 231 cm³/mol. The molecule has 6 aromatic rings. The van der Waals surface area contributed by atoms with Crippen LogP contribution in [-0.4, -0.2) is 45.7 Å². The van der Waals surface area contributed by atoms with Crippen molar-refractivity contribution in [3.63, 3.8) is 0 Å². The monoisotopic (exact) mass is 1020 g/mol. The zero-order valence-corrected chi connectivity index (χ0v) is 36.5. The Bertz CT molecular complexity index is 3010. The Balaban J connectivity index is 0.000000198. The van der Waals surface area contributed by atoms with Crippen LogP contribution in [0.25, 0.3) is 0 Å². The van der Waals surface area contributed by atoms with Crippen molar-refractivity contribution in [2.24, 2.45) is 11.5 Å². The number of amides is 3. The number of nitrogen functional groups attached to an aromatic ring is 1. The molecule has 3 amide bonds. The third-order valence-corrected chi connectivity index (χ3v) is 9.88. The van der Waals surface area contributed by atoms with Gasteiger partial charge >= 0.3 is 12.7 Å². The molecule has 25 heteroatoms. The summed E-state index contributed by atoms with van der Waals surface area (Å²) in [5, 5.41) is 1.65. The molecule has 0 saturated heterocycles. The molecule has 0 unspecified atom stereocenters. The molecule has 4 aromatic carbocycles. The molecule has 2 saturated carbocycles. The summed E-state index contributed by atoms with van der Waals surface area (Å²) >= 11 is 5.47. The molecule has 2 fully saturated rings. The Morgan fingerprint density at radius 3 is 1.39 bits per heavy atom. The number of nitrogens with zero attached hydrogens (tertiary/aromatic N) is 2. The molecule has 2 aliphatic rings. The second-order valence-corrected chi connectivity index (χ2v) is 15.5. The second kappa shape index (κ2) is 21.6. The normalized spacial score (nSPS) is 13.1. The van der Waals surface area contributed by atoms with E-state index in [0.717, 1.165) is 74.2 Å². The van der Waals surface area contributed by atoms with Crippen molar-refractivity contribution < 1.29 is 82.0 Å². The van der Waals surface area contributed by atoms with Crippen molar-refractivity contribution in [1.82, 2.24) is 9.97 Å². The summed E-state index contributed by atoms with van der Waals surface area (Å²) < 4.78 is 146. The average molecular weight is 1020 g/mol. The van der Waals surface area contributed by atoms with Gasteiger partial charge < -0.3 is 41.5 Å². The zero-order valence-electron chi connectivity index (χ0n) is 35.8. The molecule has 2 heterocycles. The van der Waals surface area contributed by atoms with Crippen LogP contribution in [0.15, 0.2) is 97.3 Å². The smallest absolute Gasteiger partial charge is 0.456 e. The number of benzene rings is 4. The highest BCUT2D eigenvalue weighted by atomic mass is 35.5. The molecule has 0 radical (unpaired) electrons. The van der Waals surface area contributed by atoms with E-state index in [1.807, 2.05) is 0 Å². The fraction of sp³-hybridized carbons (Fsp3) is 0.174. The number of aromatic nitrogens is 2. The molecule has 8 rings (SSSR count). The molecular formula is C46H33ClF10N6O8. The number of halogens is 11. The van der Waals surface area contributed by atoms with E-state index in [0.29, 0.717) is 23.1 Å². The largest absolute Gasteiger partial charge is 0.573 e. The van der Waals surface area contributed by atoms with E-state index in [1.54, 1.807) is 0 Å². The molecule has 14 nitrogen and oxygen atoms in total. The first-order valence-electron chi connectivity index (χ1n) is 20.3. The van der Waals surface area contributed by atoms with E-state index >= 15 is 0 Å². The summed E-state index contributed by atoms with van der Waals surface area (Å²) in [5.41, 5.74) is 16.2. The first-order valence-corrected chi connectivity index (χ1v) is 20.6. The van der Waals surface area contributed by atoms with E-state index in [9.17, 15) is 63.1 Å². The van der Waals surface area contributed by atoms with Gasteiger partial charge in [0.25, 0.3) is 23.0 Å². The number of carbonyl (C=O) groups excluding carboxylic acids is 4. The van der Waals surface area contributed by atoms with Crippen molar-refractivity contribution in [1.29, 1.82) is 0 Å². The quantitative estimate of drug-likeness (QED) is 0.0484. The van der Waals surface area contributed by atoms with Crippen LogP contribution in [0.3, 0.4) is 0 Å². The number of carbonyl (C=O) groups is 4. The SMILES string of the molecule is NC(=O)c1cc(N)ccc1F.NC(=O)c1cc(NC(=O)c2cnc(C3CC3)cc2Oc2ccc(OC(F)(F)F)c(F)c2)ccc1F.O=C(Cl)c1cnc(C2CC2)cc1Oc1ccc(OC(F)(F)F)c(F)c1. The lowest BCUT2D eigenvalue weighted by atomic mass is 10.1. The number of nitrogens with one attached hydrogen (secondary N) is 1. The first-order chi connectivity index (χ1) is 33.3. The number of alkyl halides is 6. The predicted octanol–water partition coefficient (Wildman–Crippen LogP) is 11.0. The molecule has 0 spiro atoms. The number of hydrogen-bond donors (Lipinski definition) is 4. The zero-order chi connectivity index (χ0) is 51.9. The summed E-state index contributed by atoms with van der Waals surface area (Å²) in [7, 11) is 0. The van der Waals surface area contributed by atoms with Crippen LogP contribution in [0.4, 0.5) is 55.3 Å². The van der Waals surface area contributed by atoms with Gasteiger partial charge in [-0.3, -0.25) is 29.1 Å². The van der Waals surface area contributed by atoms with Gasteiger partial charge in [-0.1, -0.05) is 0 Å². The maximum atomic E-state index is 14.1. The maximum Gasteiger partial charge on any atom is 0.573 e. The van der Waals surface area contributed by atoms with E-state index in [1.165, 1.54) is 42.7 Å². The maximum absolute atomic E-state index is 14.1. The summed E-state index contributed by atoms with van der Waals surface area (Å²) in [6, 6.07) is 14.9. The van der Waals surface area contributed by atoms with Crippen molar-refractivity contribution >= 4 is 45.9 Å². The molecule has 2 aliphatic carbocycles. The van der Waals surface area contributed by atoms with E-state index in [-0.39, 0.29) is 57.2 Å². The number of rotatable bonds is 13. The Hall–Kier alpha value is -8.15. The lowest BCUT2D eigenvalue weighted by Crippen LogP contribution is -2.18. The van der Waals surface area contributed by atoms with E-state index < -0.39 is 76.0 Å². The molecule has 7 N–H and O–H groups in total. The lowest BCUT2D eigenvalue weighted by Gasteiger charge is -2.14. The van der Waals surface area contributed by atoms with Gasteiger partial charge in [0.1, 0.15) is 40.2 Å². The number of primary amides is 2. The van der Waals surface area contributed by atoms with Crippen LogP contribution in [0.2, 0.25) is 0 Å². The number of anilines is 2. The van der Waals surface area contributed by atoms with Gasteiger partial charge in [0, 0.05) is 71.3 Å². The van der Waals surface area contributed by atoms with Gasteiger partial charge in [-0.15, -0.1) is 26.3 Å². The molecule has 372 valence electrons. The van der Waals surface area contributed by atoms with Crippen molar-refractivity contribution in [2.45, 2.75) is 50.2 Å². The molecule has 2 aromatic heterocycles. The Labute approximate surface area is 398 Å². The molecule has 71 heavy (non-hydrogen) atoms. The third kappa shape index (κ3) is 14.9. The highest BCUT2D eigenvalue weighted by molar-refractivity contribution is 6.68. The molecule has 0 atom stereocenters. The van der Waals surface area contributed by atoms with Crippen LogP contribution in [0.1, 0.15) is 90.3 Å². The van der Waals surface area contributed by atoms with Gasteiger partial charge in [0.2, 0.25) is 0 Å². The Morgan fingerprint density at radius 2 is 0.986 bits per heavy atom. The van der Waals surface area contributed by atoms with Crippen LogP contribution in [-0.2, 0) is 0 Å². The lowest BCUT2D eigenvalue weighted by molar-refractivity contribution is -0.276. The van der Waals surface area contributed by atoms with Gasteiger partial charge in [-0.2, -0.15) is 0 Å². The second-order valence-electron chi connectivity index (χ2n) is 15.1. The first kappa shape index (κ1) is 52.2. The van der Waals surface area contributed by atoms with Crippen molar-refractivity contribution in [3.8, 4) is 34.5 Å². The minimum atomic E-state index is -5.08. The number of ether oxygens (including phenoxy) is 4. The van der Waals surface area contributed by atoms with Crippen LogP contribution in [0, 0.1) is 23.3 Å². The van der Waals surface area contributed by atoms with Crippen LogP contribution >= 0.6 is 11.6 Å². The minimum Gasteiger partial charge on any atom is -0.456 e. The Kier molecular flexibility index (Phi) is 15.9. The number of hydrogen-bond acceptors (Lipinski definition) is 11. The molecule has 0 aliphatic heterocycles. The fourth-order valence-electron chi connectivity index (χ4n) is 6.08. The topological polar surface area (TPSA) is 221 Å². The number of pyridine rings is 2. The standard InChI is InChI=1S/C23H16F5N3O4.C16H10ClF4NO3.C7H7FN2O/c24-16-5-3-12(7-14(16)21(29)32)31-22(33)15-10-30-18(11-1-2-11)9-20(15)34-13-4-6-19(17(25)8-13)35-23(26,27)28;17-15(23)10-7-22-12(8-1-2-8)6-14(10)24-9-3-4-13(11(18)5-9)25-16(19,20)21;8-6-2-1-4(9)3-5(6)7(10)11/h3-11H,1-2H2,(H2,29,32)(H,31,33);3-8H,1-2H2;1-3H,9H2,(H2,10,11). The minimum absolute atomic E-state index is 0.0258. The fourth-order valence-corrected chi connectivity index (χ4v) is 6.22. The summed E-state index contributed by atoms with van der Waals surface area (Å²) in [5.74, 6) is -8.59. The van der Waals surface area contributed by atoms with E-state index in [2.05, 4.69) is 24.8 Å². The molecule has 0 bridgehead atoms. The summed E-state index contributed by atoms with van der Waals surface area (Å²) in [4.78, 5) is 54.6. The Morgan fingerprint density at radius 1 is 0.549 bits per heavy atom. The van der Waals surface area contributed by atoms with Gasteiger partial charge in [0.15, 0.2) is 23.1 Å². The molecular weight excluding hydrogens is 990 g/mol. The average Bonchev–Trinajstić information content (AvgIpc) is 4.22. The van der Waals surface area contributed by atoms with Crippen molar-refractivity contribution in [2.75, 3.05) is 11.1 Å². The number of nitrogens with two attached hydrogens (primary N) is 3.